The average Bonchev–Trinajstić information content (AvgIpc) is 3.76. The van der Waals surface area contributed by atoms with Crippen molar-refractivity contribution in [2.24, 2.45) is 0 Å². The molecule has 1 aliphatic carbocycles. The third kappa shape index (κ3) is 3.19. The molecule has 212 valence electrons. The topological polar surface area (TPSA) is 4.93 Å². The maximum Gasteiger partial charge on any atom is 0.0555 e. The van der Waals surface area contributed by atoms with Gasteiger partial charge in [0.2, 0.25) is 0 Å². The summed E-state index contributed by atoms with van der Waals surface area (Å²) in [6, 6.07) is 56.4. The highest BCUT2D eigenvalue weighted by Crippen LogP contribution is 2.49. The fourth-order valence-corrected chi connectivity index (χ4v) is 9.28. The fraction of sp³-hybridized carbons (Fsp3) is 0. The van der Waals surface area contributed by atoms with Crippen molar-refractivity contribution in [2.75, 3.05) is 0 Å². The minimum atomic E-state index is 1.18. The second-order valence-corrected chi connectivity index (χ2v) is 13.5. The molecule has 2 heteroatoms. The van der Waals surface area contributed by atoms with Crippen LogP contribution in [0.15, 0.2) is 152 Å². The van der Waals surface area contributed by atoms with E-state index in [1.807, 2.05) is 11.3 Å². The van der Waals surface area contributed by atoms with E-state index >= 15 is 0 Å². The van der Waals surface area contributed by atoms with Crippen LogP contribution in [0.1, 0.15) is 0 Å². The average molecular weight is 600 g/mol. The highest BCUT2D eigenvalue weighted by molar-refractivity contribution is 7.25. The van der Waals surface area contributed by atoms with Crippen LogP contribution < -0.4 is 0 Å². The van der Waals surface area contributed by atoms with Crippen molar-refractivity contribution in [1.29, 1.82) is 0 Å². The third-order valence-corrected chi connectivity index (χ3v) is 11.3. The predicted molar refractivity (Wildman–Crippen MR) is 199 cm³/mol. The van der Waals surface area contributed by atoms with Crippen molar-refractivity contribution >= 4 is 74.9 Å². The highest BCUT2D eigenvalue weighted by Gasteiger charge is 2.23. The summed E-state index contributed by atoms with van der Waals surface area (Å²) in [6.07, 6.45) is 0. The van der Waals surface area contributed by atoms with Gasteiger partial charge in [0.25, 0.3) is 0 Å². The zero-order valence-corrected chi connectivity index (χ0v) is 25.6. The van der Waals surface area contributed by atoms with Crippen LogP contribution in [0.25, 0.3) is 103 Å². The van der Waals surface area contributed by atoms with Crippen LogP contribution in [-0.4, -0.2) is 4.57 Å². The van der Waals surface area contributed by atoms with Gasteiger partial charge in [-0.3, -0.25) is 0 Å². The number of hydrogen-bond donors (Lipinski definition) is 0. The molecule has 0 N–H and O–H groups in total. The van der Waals surface area contributed by atoms with Gasteiger partial charge in [-0.05, 0) is 91.3 Å². The quantitative estimate of drug-likeness (QED) is 0.186. The molecule has 0 aliphatic heterocycles. The Hall–Kier alpha value is -5.70. The smallest absolute Gasteiger partial charge is 0.0555 e. The Morgan fingerprint density at radius 1 is 0.370 bits per heavy atom. The second kappa shape index (κ2) is 8.94. The second-order valence-electron chi connectivity index (χ2n) is 12.5. The Morgan fingerprint density at radius 2 is 1.09 bits per heavy atom. The summed E-state index contributed by atoms with van der Waals surface area (Å²) in [6.45, 7) is 0. The zero-order chi connectivity index (χ0) is 29.9. The van der Waals surface area contributed by atoms with E-state index in [9.17, 15) is 0 Å². The number of rotatable bonds is 2. The Kier molecular flexibility index (Phi) is 4.78. The van der Waals surface area contributed by atoms with Gasteiger partial charge in [0, 0.05) is 36.6 Å². The minimum absolute atomic E-state index is 1.18. The molecule has 11 rings (SSSR count). The number of nitrogens with zero attached hydrogens (tertiary/aromatic N) is 1. The Labute approximate surface area is 269 Å². The molecule has 0 unspecified atom stereocenters. The lowest BCUT2D eigenvalue weighted by Crippen LogP contribution is -1.94. The number of thiophene rings is 1. The molecule has 1 aliphatic rings. The van der Waals surface area contributed by atoms with E-state index in [0.29, 0.717) is 0 Å². The molecule has 0 amide bonds. The van der Waals surface area contributed by atoms with E-state index in [2.05, 4.69) is 156 Å². The van der Waals surface area contributed by atoms with Crippen LogP contribution in [0.2, 0.25) is 0 Å². The molecular formula is C44H25NS. The van der Waals surface area contributed by atoms with Crippen molar-refractivity contribution in [3.63, 3.8) is 0 Å². The van der Waals surface area contributed by atoms with Crippen LogP contribution in [0.5, 0.6) is 0 Å². The van der Waals surface area contributed by atoms with Gasteiger partial charge in [-0.2, -0.15) is 0 Å². The largest absolute Gasteiger partial charge is 0.309 e. The Bertz CT molecular complexity index is 2890. The summed E-state index contributed by atoms with van der Waals surface area (Å²) >= 11 is 1.89. The van der Waals surface area contributed by atoms with Gasteiger partial charge in [-0.25, -0.2) is 0 Å². The van der Waals surface area contributed by atoms with Gasteiger partial charge in [-0.15, -0.1) is 11.3 Å². The van der Waals surface area contributed by atoms with Gasteiger partial charge >= 0.3 is 0 Å². The lowest BCUT2D eigenvalue weighted by molar-refractivity contribution is 1.18. The minimum Gasteiger partial charge on any atom is -0.309 e. The van der Waals surface area contributed by atoms with Crippen LogP contribution >= 0.6 is 11.3 Å². The van der Waals surface area contributed by atoms with Gasteiger partial charge in [-0.1, -0.05) is 115 Å². The Balaban J connectivity index is 1.20. The van der Waals surface area contributed by atoms with Gasteiger partial charge in [0.15, 0.2) is 0 Å². The van der Waals surface area contributed by atoms with Crippen molar-refractivity contribution < 1.29 is 0 Å². The van der Waals surface area contributed by atoms with Crippen LogP contribution in [0.3, 0.4) is 0 Å². The summed E-state index contributed by atoms with van der Waals surface area (Å²) in [4.78, 5) is 0. The summed E-state index contributed by atoms with van der Waals surface area (Å²) < 4.78 is 5.15. The maximum absolute atomic E-state index is 2.49. The molecule has 0 fully saturated rings. The summed E-state index contributed by atoms with van der Waals surface area (Å²) in [7, 11) is 0. The van der Waals surface area contributed by atoms with Crippen molar-refractivity contribution in [3.8, 4) is 39.1 Å². The lowest BCUT2D eigenvalue weighted by Gasteiger charge is -2.13. The molecule has 0 radical (unpaired) electrons. The van der Waals surface area contributed by atoms with E-state index < -0.39 is 0 Å². The molecule has 1 nitrogen and oxygen atoms in total. The normalized spacial score (nSPS) is 12.3. The monoisotopic (exact) mass is 599 g/mol. The lowest BCUT2D eigenvalue weighted by atomic mass is 9.94. The number of hydrogen-bond acceptors (Lipinski definition) is 1. The molecule has 2 aromatic heterocycles. The first-order valence-electron chi connectivity index (χ1n) is 15.9. The zero-order valence-electron chi connectivity index (χ0n) is 24.8. The van der Waals surface area contributed by atoms with Crippen molar-refractivity contribution in [3.05, 3.63) is 152 Å². The summed E-state index contributed by atoms with van der Waals surface area (Å²) in [5.74, 6) is 0. The van der Waals surface area contributed by atoms with Crippen molar-refractivity contribution in [1.82, 2.24) is 4.57 Å². The Morgan fingerprint density at radius 3 is 2.00 bits per heavy atom. The van der Waals surface area contributed by atoms with E-state index in [-0.39, 0.29) is 0 Å². The van der Waals surface area contributed by atoms with Gasteiger partial charge < -0.3 is 4.57 Å². The van der Waals surface area contributed by atoms with Gasteiger partial charge in [0.1, 0.15) is 0 Å². The van der Waals surface area contributed by atoms with E-state index in [4.69, 9.17) is 0 Å². The van der Waals surface area contributed by atoms with E-state index in [1.165, 1.54) is 103 Å². The third-order valence-electron chi connectivity index (χ3n) is 10.1. The molecule has 46 heavy (non-hydrogen) atoms. The number of fused-ring (bicyclic) bond motifs is 11. The van der Waals surface area contributed by atoms with Crippen molar-refractivity contribution in [2.45, 2.75) is 0 Å². The first kappa shape index (κ1) is 24.6. The molecule has 0 spiro atoms. The fourth-order valence-electron chi connectivity index (χ4n) is 8.16. The van der Waals surface area contributed by atoms with E-state index in [0.717, 1.165) is 0 Å². The summed E-state index contributed by atoms with van der Waals surface area (Å²) in [5, 5.41) is 10.5. The van der Waals surface area contributed by atoms with Crippen LogP contribution in [-0.2, 0) is 0 Å². The molecule has 0 bridgehead atoms. The predicted octanol–water partition coefficient (Wildman–Crippen LogP) is 12.8. The molecule has 10 aromatic rings. The summed E-state index contributed by atoms with van der Waals surface area (Å²) in [5.41, 5.74) is 11.5. The molecule has 0 atom stereocenters. The van der Waals surface area contributed by atoms with E-state index in [1.54, 1.807) is 0 Å². The highest BCUT2D eigenvalue weighted by atomic mass is 32.1. The molecular weight excluding hydrogens is 575 g/mol. The molecule has 8 aromatic carbocycles. The molecule has 0 saturated heterocycles. The first-order chi connectivity index (χ1) is 22.8. The molecule has 2 heterocycles. The number of benzene rings is 8. The number of aromatic nitrogens is 1. The first-order valence-corrected chi connectivity index (χ1v) is 16.7. The maximum atomic E-state index is 2.49. The van der Waals surface area contributed by atoms with Crippen LogP contribution in [0.4, 0.5) is 0 Å². The SMILES string of the molecule is c1cc(-c2ccc3c4c(cccc24)-c2ccccc2-3)cc(-n2c3cc4sc5ccccc5c4cc3c3c4ccccc4ccc32)c1. The molecule has 0 saturated carbocycles. The standard InChI is InChI=1S/C44H25NS/c1-2-12-30-26(9-1)19-22-39-44(30)38-24-37-33-15-5-6-18-41(33)46-42(37)25-40(38)45(39)28-11-7-10-27(23-28)29-20-21-36-32-14-4-3-13-31(32)35-17-8-16-34(29)43(35)36/h1-25H. The van der Waals surface area contributed by atoms with Crippen LogP contribution in [0, 0.1) is 0 Å². The van der Waals surface area contributed by atoms with Gasteiger partial charge in [0.05, 0.1) is 11.0 Å².